The molecular formula is C15H22N4O2. The summed E-state index contributed by atoms with van der Waals surface area (Å²) in [5, 5.41) is 2.86. The predicted molar refractivity (Wildman–Crippen MR) is 79.5 cm³/mol. The molecule has 0 saturated carbocycles. The highest BCUT2D eigenvalue weighted by atomic mass is 16.2. The van der Waals surface area contributed by atoms with Gasteiger partial charge in [-0.1, -0.05) is 27.7 Å². The Morgan fingerprint density at radius 1 is 1.19 bits per heavy atom. The van der Waals surface area contributed by atoms with E-state index < -0.39 is 12.1 Å². The van der Waals surface area contributed by atoms with Crippen molar-refractivity contribution in [2.75, 3.05) is 4.90 Å². The summed E-state index contributed by atoms with van der Waals surface area (Å²) < 4.78 is 0. The van der Waals surface area contributed by atoms with Crippen LogP contribution in [0.25, 0.3) is 0 Å². The second kappa shape index (κ2) is 6.20. The molecule has 2 heterocycles. The Morgan fingerprint density at radius 3 is 2.33 bits per heavy atom. The Morgan fingerprint density at radius 2 is 1.81 bits per heavy atom. The number of carbonyl (C=O) groups excluding carboxylic acids is 2. The number of nitrogens with one attached hydrogen (secondary N) is 1. The van der Waals surface area contributed by atoms with Gasteiger partial charge in [-0.05, 0) is 18.3 Å². The zero-order chi connectivity index (χ0) is 15.6. The number of hydrogen-bond donors (Lipinski definition) is 1. The largest absolute Gasteiger partial charge is 0.342 e. The molecule has 114 valence electrons. The van der Waals surface area contributed by atoms with Gasteiger partial charge in [0, 0.05) is 0 Å². The first kappa shape index (κ1) is 15.4. The molecule has 6 nitrogen and oxygen atoms in total. The van der Waals surface area contributed by atoms with Gasteiger partial charge in [0.15, 0.2) is 0 Å². The van der Waals surface area contributed by atoms with E-state index in [1.807, 2.05) is 27.7 Å². The summed E-state index contributed by atoms with van der Waals surface area (Å²) >= 11 is 0. The molecule has 2 rings (SSSR count). The average Bonchev–Trinajstić information content (AvgIpc) is 2.42. The molecular weight excluding hydrogens is 268 g/mol. The summed E-state index contributed by atoms with van der Waals surface area (Å²) in [6.45, 7) is 7.92. The van der Waals surface area contributed by atoms with E-state index in [1.54, 1.807) is 17.3 Å². The van der Waals surface area contributed by atoms with Crippen LogP contribution in [0.15, 0.2) is 18.7 Å². The standard InChI is InChI=1S/C15H22N4O2/c1-9(2)5-12-15(21)19(11-6-16-8-17-7-11)13(10(3)4)14(20)18-12/h6-10,12-13H,5H2,1-4H3,(H,18,20). The summed E-state index contributed by atoms with van der Waals surface area (Å²) in [5.74, 6) is 0.133. The molecule has 0 bridgehead atoms. The average molecular weight is 290 g/mol. The molecule has 1 aromatic heterocycles. The topological polar surface area (TPSA) is 75.2 Å². The lowest BCUT2D eigenvalue weighted by molar-refractivity contribution is -0.135. The highest BCUT2D eigenvalue weighted by Crippen LogP contribution is 2.25. The maximum absolute atomic E-state index is 12.8. The molecule has 1 aliphatic rings. The van der Waals surface area contributed by atoms with Crippen LogP contribution in [0.4, 0.5) is 5.69 Å². The molecule has 1 N–H and O–H groups in total. The first-order valence-corrected chi connectivity index (χ1v) is 7.30. The molecule has 1 aromatic rings. The minimum absolute atomic E-state index is 0.00848. The molecule has 2 amide bonds. The Labute approximate surface area is 125 Å². The third-order valence-electron chi connectivity index (χ3n) is 3.56. The van der Waals surface area contributed by atoms with Gasteiger partial charge >= 0.3 is 0 Å². The first-order chi connectivity index (χ1) is 9.91. The Hall–Kier alpha value is -1.98. The fourth-order valence-corrected chi connectivity index (χ4v) is 2.68. The molecule has 1 saturated heterocycles. The number of carbonyl (C=O) groups is 2. The van der Waals surface area contributed by atoms with Gasteiger partial charge in [-0.15, -0.1) is 0 Å². The van der Waals surface area contributed by atoms with E-state index in [-0.39, 0.29) is 17.7 Å². The van der Waals surface area contributed by atoms with Crippen molar-refractivity contribution < 1.29 is 9.59 Å². The quantitative estimate of drug-likeness (QED) is 0.909. The van der Waals surface area contributed by atoms with E-state index in [4.69, 9.17) is 0 Å². The summed E-state index contributed by atoms with van der Waals surface area (Å²) in [6, 6.07) is -1.00. The van der Waals surface area contributed by atoms with Crippen LogP contribution in [0.1, 0.15) is 34.1 Å². The van der Waals surface area contributed by atoms with Crippen molar-refractivity contribution in [2.45, 2.75) is 46.2 Å². The van der Waals surface area contributed by atoms with Crippen LogP contribution in [0.5, 0.6) is 0 Å². The lowest BCUT2D eigenvalue weighted by Gasteiger charge is -2.40. The van der Waals surface area contributed by atoms with E-state index in [1.165, 1.54) is 6.33 Å². The zero-order valence-electron chi connectivity index (χ0n) is 12.9. The smallest absolute Gasteiger partial charge is 0.250 e. The van der Waals surface area contributed by atoms with Gasteiger partial charge in [0.05, 0.1) is 18.1 Å². The highest BCUT2D eigenvalue weighted by molar-refractivity contribution is 6.08. The highest BCUT2D eigenvalue weighted by Gasteiger charge is 2.43. The minimum atomic E-state index is -0.521. The second-order valence-electron chi connectivity index (χ2n) is 6.18. The number of amides is 2. The number of aromatic nitrogens is 2. The van der Waals surface area contributed by atoms with Crippen LogP contribution >= 0.6 is 0 Å². The maximum atomic E-state index is 12.8. The van der Waals surface area contributed by atoms with Gasteiger partial charge in [0.1, 0.15) is 18.4 Å². The van der Waals surface area contributed by atoms with Crippen LogP contribution in [-0.2, 0) is 9.59 Å². The fraction of sp³-hybridized carbons (Fsp3) is 0.600. The van der Waals surface area contributed by atoms with Crippen molar-refractivity contribution in [2.24, 2.45) is 11.8 Å². The third kappa shape index (κ3) is 3.20. The van der Waals surface area contributed by atoms with Crippen molar-refractivity contribution >= 4 is 17.5 Å². The molecule has 2 atom stereocenters. The van der Waals surface area contributed by atoms with E-state index >= 15 is 0 Å². The lowest BCUT2D eigenvalue weighted by atomic mass is 9.93. The van der Waals surface area contributed by atoms with Crippen LogP contribution in [0.2, 0.25) is 0 Å². The first-order valence-electron chi connectivity index (χ1n) is 7.30. The van der Waals surface area contributed by atoms with Gasteiger partial charge in [-0.3, -0.25) is 14.5 Å². The molecule has 0 spiro atoms. The summed E-state index contributed by atoms with van der Waals surface area (Å²) in [7, 11) is 0. The lowest BCUT2D eigenvalue weighted by Crippen LogP contribution is -2.65. The van der Waals surface area contributed by atoms with E-state index in [0.29, 0.717) is 18.0 Å². The summed E-state index contributed by atoms with van der Waals surface area (Å²) in [5.41, 5.74) is 0.574. The van der Waals surface area contributed by atoms with Crippen molar-refractivity contribution in [3.8, 4) is 0 Å². The van der Waals surface area contributed by atoms with Gasteiger partial charge in [0.25, 0.3) is 0 Å². The summed E-state index contributed by atoms with van der Waals surface area (Å²) in [4.78, 5) is 34.7. The Bertz CT molecular complexity index is 516. The Balaban J connectivity index is 2.38. The molecule has 21 heavy (non-hydrogen) atoms. The fourth-order valence-electron chi connectivity index (χ4n) is 2.68. The van der Waals surface area contributed by atoms with Crippen molar-refractivity contribution in [3.63, 3.8) is 0 Å². The molecule has 0 aliphatic carbocycles. The molecule has 1 aliphatic heterocycles. The van der Waals surface area contributed by atoms with Crippen LogP contribution in [-0.4, -0.2) is 33.9 Å². The maximum Gasteiger partial charge on any atom is 0.250 e. The normalized spacial score (nSPS) is 22.9. The van der Waals surface area contributed by atoms with Gasteiger partial charge in [-0.2, -0.15) is 0 Å². The Kier molecular flexibility index (Phi) is 4.55. The van der Waals surface area contributed by atoms with Crippen LogP contribution in [0, 0.1) is 11.8 Å². The van der Waals surface area contributed by atoms with Crippen LogP contribution in [0.3, 0.4) is 0 Å². The number of rotatable bonds is 4. The third-order valence-corrected chi connectivity index (χ3v) is 3.56. The zero-order valence-corrected chi connectivity index (χ0v) is 12.9. The minimum Gasteiger partial charge on any atom is -0.342 e. The number of nitrogens with zero attached hydrogens (tertiary/aromatic N) is 3. The number of piperazine rings is 1. The molecule has 6 heteroatoms. The van der Waals surface area contributed by atoms with Crippen LogP contribution < -0.4 is 10.2 Å². The number of anilines is 1. The van der Waals surface area contributed by atoms with Gasteiger partial charge in [-0.25, -0.2) is 9.97 Å². The summed E-state index contributed by atoms with van der Waals surface area (Å²) in [6.07, 6.45) is 5.18. The molecule has 1 fully saturated rings. The van der Waals surface area contributed by atoms with Gasteiger partial charge < -0.3 is 5.32 Å². The number of hydrogen-bond acceptors (Lipinski definition) is 4. The SMILES string of the molecule is CC(C)CC1NC(=O)C(C(C)C)N(c2cncnc2)C1=O. The molecule has 0 aromatic carbocycles. The van der Waals surface area contributed by atoms with E-state index in [0.717, 1.165) is 0 Å². The van der Waals surface area contributed by atoms with Crippen molar-refractivity contribution in [1.82, 2.24) is 15.3 Å². The second-order valence-corrected chi connectivity index (χ2v) is 6.18. The predicted octanol–water partition coefficient (Wildman–Crippen LogP) is 1.38. The monoisotopic (exact) mass is 290 g/mol. The molecule has 0 radical (unpaired) electrons. The van der Waals surface area contributed by atoms with Crippen molar-refractivity contribution in [3.05, 3.63) is 18.7 Å². The van der Waals surface area contributed by atoms with E-state index in [2.05, 4.69) is 15.3 Å². The van der Waals surface area contributed by atoms with Gasteiger partial charge in [0.2, 0.25) is 11.8 Å². The molecule has 2 unspecified atom stereocenters. The van der Waals surface area contributed by atoms with E-state index in [9.17, 15) is 9.59 Å². The van der Waals surface area contributed by atoms with Crippen molar-refractivity contribution in [1.29, 1.82) is 0 Å².